The highest BCUT2D eigenvalue weighted by Crippen LogP contribution is 2.28. The van der Waals surface area contributed by atoms with Gasteiger partial charge < -0.3 is 0 Å². The molecule has 1 rings (SSSR count). The van der Waals surface area contributed by atoms with Crippen molar-refractivity contribution in [2.45, 2.75) is 65.5 Å². The summed E-state index contributed by atoms with van der Waals surface area (Å²) in [4.78, 5) is 2.65. The number of nitrogens with zero attached hydrogens (tertiary/aromatic N) is 1. The van der Waals surface area contributed by atoms with Gasteiger partial charge in [0.25, 0.3) is 0 Å². The van der Waals surface area contributed by atoms with Gasteiger partial charge in [0.15, 0.2) is 0 Å². The Morgan fingerprint density at radius 3 is 1.94 bits per heavy atom. The van der Waals surface area contributed by atoms with Crippen LogP contribution in [0, 0.1) is 0 Å². The normalized spacial score (nSPS) is 24.3. The van der Waals surface area contributed by atoms with Crippen molar-refractivity contribution >= 4 is 0 Å². The van der Waals surface area contributed by atoms with Crippen molar-refractivity contribution < 1.29 is 0 Å². The van der Waals surface area contributed by atoms with Crippen molar-refractivity contribution in [2.24, 2.45) is 0 Å². The maximum absolute atomic E-state index is 3.88. The summed E-state index contributed by atoms with van der Waals surface area (Å²) < 4.78 is 0. The van der Waals surface area contributed by atoms with Gasteiger partial charge >= 0.3 is 0 Å². The molecule has 1 nitrogen and oxygen atoms in total. The fourth-order valence-corrected chi connectivity index (χ4v) is 2.70. The maximum Gasteiger partial charge on any atom is 0.0239 e. The molecule has 1 heterocycles. The Kier molecular flexibility index (Phi) is 9.67. The van der Waals surface area contributed by atoms with E-state index in [1.54, 1.807) is 0 Å². The van der Waals surface area contributed by atoms with Crippen molar-refractivity contribution in [1.29, 1.82) is 0 Å². The number of likely N-dealkylation sites (tertiary alicyclic amines) is 1. The SMILES string of the molecule is C=C/C=C(\C=C)CN1C(CC)CCC1CC.CC. The van der Waals surface area contributed by atoms with E-state index in [1.807, 2.05) is 26.0 Å². The van der Waals surface area contributed by atoms with Crippen LogP contribution in [0.5, 0.6) is 0 Å². The van der Waals surface area contributed by atoms with Crippen molar-refractivity contribution in [3.8, 4) is 0 Å². The number of rotatable bonds is 6. The summed E-state index contributed by atoms with van der Waals surface area (Å²) >= 11 is 0. The molecule has 0 spiro atoms. The molecule has 2 atom stereocenters. The Labute approximate surface area is 114 Å². The van der Waals surface area contributed by atoms with Crippen LogP contribution in [0.15, 0.2) is 37.0 Å². The standard InChI is InChI=1S/C15H25N.C2H6/c1-5-9-13(6-2)12-16-14(7-3)10-11-15(16)8-4;1-2/h5-6,9,14-15H,1-2,7-8,10-12H2,3-4H3;1-2H3/b13-9+;. The summed E-state index contributed by atoms with van der Waals surface area (Å²) in [5.74, 6) is 0. The lowest BCUT2D eigenvalue weighted by Gasteiger charge is -2.29. The van der Waals surface area contributed by atoms with E-state index in [4.69, 9.17) is 0 Å². The summed E-state index contributed by atoms with van der Waals surface area (Å²) in [5.41, 5.74) is 1.29. The van der Waals surface area contributed by atoms with Gasteiger partial charge in [-0.05, 0) is 31.3 Å². The van der Waals surface area contributed by atoms with Crippen molar-refractivity contribution in [3.63, 3.8) is 0 Å². The summed E-state index contributed by atoms with van der Waals surface area (Å²) in [6, 6.07) is 1.52. The minimum absolute atomic E-state index is 0.762. The van der Waals surface area contributed by atoms with E-state index in [9.17, 15) is 0 Å². The fourth-order valence-electron chi connectivity index (χ4n) is 2.70. The Morgan fingerprint density at radius 1 is 1.11 bits per heavy atom. The quantitative estimate of drug-likeness (QED) is 0.601. The van der Waals surface area contributed by atoms with Gasteiger partial charge in [0.2, 0.25) is 0 Å². The second-order valence-electron chi connectivity index (χ2n) is 4.56. The predicted octanol–water partition coefficient (Wildman–Crippen LogP) is 4.96. The molecule has 0 aromatic carbocycles. The highest BCUT2D eigenvalue weighted by atomic mass is 15.2. The van der Waals surface area contributed by atoms with E-state index in [-0.39, 0.29) is 0 Å². The zero-order valence-electron chi connectivity index (χ0n) is 12.8. The van der Waals surface area contributed by atoms with Crippen LogP contribution in [0.25, 0.3) is 0 Å². The predicted molar refractivity (Wildman–Crippen MR) is 83.9 cm³/mol. The lowest BCUT2D eigenvalue weighted by atomic mass is 10.1. The number of allylic oxidation sites excluding steroid dienone is 2. The molecule has 1 fully saturated rings. The van der Waals surface area contributed by atoms with Gasteiger partial charge in [-0.1, -0.05) is 59.1 Å². The smallest absolute Gasteiger partial charge is 0.0239 e. The largest absolute Gasteiger partial charge is 0.293 e. The van der Waals surface area contributed by atoms with Crippen molar-refractivity contribution in [3.05, 3.63) is 37.0 Å². The highest BCUT2D eigenvalue weighted by Gasteiger charge is 2.30. The first-order valence-corrected chi connectivity index (χ1v) is 7.46. The Morgan fingerprint density at radius 2 is 1.61 bits per heavy atom. The topological polar surface area (TPSA) is 3.24 Å². The molecule has 1 aliphatic heterocycles. The lowest BCUT2D eigenvalue weighted by Crippen LogP contribution is -2.36. The molecule has 0 amide bonds. The molecule has 0 aromatic heterocycles. The van der Waals surface area contributed by atoms with Crippen molar-refractivity contribution in [1.82, 2.24) is 4.90 Å². The van der Waals surface area contributed by atoms with Crippen LogP contribution in [-0.2, 0) is 0 Å². The Hall–Kier alpha value is -0.820. The monoisotopic (exact) mass is 249 g/mol. The molecule has 2 unspecified atom stereocenters. The van der Waals surface area contributed by atoms with E-state index in [2.05, 4.69) is 38.0 Å². The zero-order chi connectivity index (χ0) is 14.0. The molecule has 104 valence electrons. The second kappa shape index (κ2) is 10.1. The van der Waals surface area contributed by atoms with Gasteiger partial charge in [-0.15, -0.1) is 0 Å². The highest BCUT2D eigenvalue weighted by molar-refractivity contribution is 5.23. The molecule has 1 heteroatoms. The zero-order valence-corrected chi connectivity index (χ0v) is 12.8. The average Bonchev–Trinajstić information content (AvgIpc) is 2.82. The maximum atomic E-state index is 3.88. The summed E-state index contributed by atoms with van der Waals surface area (Å²) in [6.07, 6.45) is 11.1. The average molecular weight is 249 g/mol. The molecule has 0 saturated carbocycles. The number of hydrogen-bond donors (Lipinski definition) is 0. The molecular weight excluding hydrogens is 218 g/mol. The third kappa shape index (κ3) is 4.81. The molecule has 0 radical (unpaired) electrons. The minimum atomic E-state index is 0.762. The van der Waals surface area contributed by atoms with Gasteiger partial charge in [0, 0.05) is 18.6 Å². The third-order valence-electron chi connectivity index (χ3n) is 3.67. The molecule has 0 N–H and O–H groups in total. The second-order valence-corrected chi connectivity index (χ2v) is 4.56. The molecule has 0 aromatic rings. The van der Waals surface area contributed by atoms with Crippen LogP contribution in [-0.4, -0.2) is 23.5 Å². The van der Waals surface area contributed by atoms with E-state index >= 15 is 0 Å². The first kappa shape index (κ1) is 17.2. The minimum Gasteiger partial charge on any atom is -0.293 e. The molecule has 0 aliphatic carbocycles. The van der Waals surface area contributed by atoms with Crippen LogP contribution < -0.4 is 0 Å². The molecule has 0 bridgehead atoms. The number of hydrogen-bond acceptors (Lipinski definition) is 1. The van der Waals surface area contributed by atoms with Gasteiger partial charge in [-0.25, -0.2) is 0 Å². The van der Waals surface area contributed by atoms with E-state index in [1.165, 1.54) is 31.3 Å². The van der Waals surface area contributed by atoms with E-state index in [0.29, 0.717) is 0 Å². The van der Waals surface area contributed by atoms with Gasteiger partial charge in [-0.2, -0.15) is 0 Å². The van der Waals surface area contributed by atoms with E-state index in [0.717, 1.165) is 18.6 Å². The Balaban J connectivity index is 0.00000137. The lowest BCUT2D eigenvalue weighted by molar-refractivity contribution is 0.203. The summed E-state index contributed by atoms with van der Waals surface area (Å²) in [7, 11) is 0. The van der Waals surface area contributed by atoms with Crippen molar-refractivity contribution in [2.75, 3.05) is 6.54 Å². The first-order valence-electron chi connectivity index (χ1n) is 7.46. The van der Waals surface area contributed by atoms with Gasteiger partial charge in [0.05, 0.1) is 0 Å². The van der Waals surface area contributed by atoms with Crippen LogP contribution in [0.1, 0.15) is 53.4 Å². The van der Waals surface area contributed by atoms with E-state index < -0.39 is 0 Å². The molecule has 1 aliphatic rings. The molecule has 18 heavy (non-hydrogen) atoms. The van der Waals surface area contributed by atoms with Crippen LogP contribution in [0.2, 0.25) is 0 Å². The fraction of sp³-hybridized carbons (Fsp3) is 0.647. The summed E-state index contributed by atoms with van der Waals surface area (Å²) in [5, 5.41) is 0. The van der Waals surface area contributed by atoms with Crippen LogP contribution in [0.4, 0.5) is 0 Å². The Bertz CT molecular complexity index is 253. The van der Waals surface area contributed by atoms with Gasteiger partial charge in [-0.3, -0.25) is 4.90 Å². The van der Waals surface area contributed by atoms with Crippen LogP contribution in [0.3, 0.4) is 0 Å². The van der Waals surface area contributed by atoms with Crippen LogP contribution >= 0.6 is 0 Å². The third-order valence-corrected chi connectivity index (χ3v) is 3.67. The first-order chi connectivity index (χ1) is 8.76. The van der Waals surface area contributed by atoms with Gasteiger partial charge in [0.1, 0.15) is 0 Å². The summed E-state index contributed by atoms with van der Waals surface area (Å²) in [6.45, 7) is 17.3. The molecular formula is C17H31N. The molecule has 1 saturated heterocycles.